The molecule has 1 N–H and O–H groups in total. The van der Waals surface area contributed by atoms with Gasteiger partial charge in [0.05, 0.1) is 13.1 Å². The van der Waals surface area contributed by atoms with E-state index in [4.69, 9.17) is 4.42 Å². The van der Waals surface area contributed by atoms with Crippen LogP contribution in [0, 0.1) is 11.8 Å². The van der Waals surface area contributed by atoms with Gasteiger partial charge in [-0.1, -0.05) is 34.6 Å². The van der Waals surface area contributed by atoms with Crippen molar-refractivity contribution in [2.24, 2.45) is 11.8 Å². The van der Waals surface area contributed by atoms with Gasteiger partial charge >= 0.3 is 0 Å². The number of nitrogens with one attached hydrogen (secondary N) is 1. The Morgan fingerprint density at radius 3 is 2.10 bits per heavy atom. The minimum Gasteiger partial charge on any atom is -0.463 e. The molecule has 0 atom stereocenters. The van der Waals surface area contributed by atoms with Crippen molar-refractivity contribution in [3.05, 3.63) is 23.7 Å². The summed E-state index contributed by atoms with van der Waals surface area (Å²) in [7, 11) is 0. The zero-order valence-electron chi connectivity index (χ0n) is 14.6. The number of nitrogens with zero attached hydrogens (tertiary/aromatic N) is 1. The van der Waals surface area contributed by atoms with E-state index >= 15 is 0 Å². The molecular weight excluding hydrogens is 260 g/mol. The maximum absolute atomic E-state index is 5.93. The zero-order valence-corrected chi connectivity index (χ0v) is 14.6. The molecule has 0 saturated heterocycles. The van der Waals surface area contributed by atoms with E-state index in [1.54, 1.807) is 0 Å². The second-order valence-corrected chi connectivity index (χ2v) is 6.79. The van der Waals surface area contributed by atoms with E-state index in [-0.39, 0.29) is 0 Å². The van der Waals surface area contributed by atoms with E-state index in [0.717, 1.165) is 56.1 Å². The molecule has 0 bridgehead atoms. The summed E-state index contributed by atoms with van der Waals surface area (Å²) in [6, 6.07) is 4.23. The fourth-order valence-electron chi connectivity index (χ4n) is 2.22. The van der Waals surface area contributed by atoms with Crippen LogP contribution in [0.25, 0.3) is 0 Å². The Labute approximate surface area is 131 Å². The van der Waals surface area contributed by atoms with Gasteiger partial charge in [0.15, 0.2) is 0 Å². The summed E-state index contributed by atoms with van der Waals surface area (Å²) < 4.78 is 5.93. The lowest BCUT2D eigenvalue weighted by Crippen LogP contribution is -2.27. The van der Waals surface area contributed by atoms with Crippen LogP contribution in [0.1, 0.15) is 59.0 Å². The molecule has 1 aromatic heterocycles. The lowest BCUT2D eigenvalue weighted by atomic mass is 10.1. The molecule has 122 valence electrons. The highest BCUT2D eigenvalue weighted by molar-refractivity contribution is 5.07. The minimum atomic E-state index is 0.757. The van der Waals surface area contributed by atoms with Crippen LogP contribution in [-0.4, -0.2) is 24.5 Å². The molecule has 0 unspecified atom stereocenters. The minimum absolute atomic E-state index is 0.757. The van der Waals surface area contributed by atoms with Crippen LogP contribution in [0.15, 0.2) is 16.5 Å². The Morgan fingerprint density at radius 1 is 1.00 bits per heavy atom. The molecule has 0 aromatic carbocycles. The van der Waals surface area contributed by atoms with Crippen LogP contribution in [0.3, 0.4) is 0 Å². The summed E-state index contributed by atoms with van der Waals surface area (Å²) in [5.41, 5.74) is 0. The first kappa shape index (κ1) is 18.2. The molecule has 1 heterocycles. The van der Waals surface area contributed by atoms with Crippen molar-refractivity contribution < 1.29 is 4.42 Å². The lowest BCUT2D eigenvalue weighted by molar-refractivity contribution is 0.217. The van der Waals surface area contributed by atoms with Crippen LogP contribution in [0.5, 0.6) is 0 Å². The van der Waals surface area contributed by atoms with E-state index in [9.17, 15) is 0 Å². The quantitative estimate of drug-likeness (QED) is 0.660. The Morgan fingerprint density at radius 2 is 1.57 bits per heavy atom. The van der Waals surface area contributed by atoms with Crippen molar-refractivity contribution >= 4 is 0 Å². The van der Waals surface area contributed by atoms with Crippen LogP contribution in [-0.2, 0) is 13.1 Å². The highest BCUT2D eigenvalue weighted by atomic mass is 16.3. The summed E-state index contributed by atoms with van der Waals surface area (Å²) in [6.45, 7) is 16.4. The van der Waals surface area contributed by atoms with Gasteiger partial charge in [0.1, 0.15) is 11.5 Å². The SMILES string of the molecule is CCNCc1ccc(CN(CCC(C)C)CCC(C)C)o1. The van der Waals surface area contributed by atoms with Crippen molar-refractivity contribution in [1.29, 1.82) is 0 Å². The average molecular weight is 294 g/mol. The molecule has 0 radical (unpaired) electrons. The molecule has 1 aromatic rings. The molecule has 0 spiro atoms. The molecule has 1 rings (SSSR count). The predicted octanol–water partition coefficient (Wildman–Crippen LogP) is 4.28. The second-order valence-electron chi connectivity index (χ2n) is 6.79. The monoisotopic (exact) mass is 294 g/mol. The van der Waals surface area contributed by atoms with E-state index in [1.165, 1.54) is 12.8 Å². The van der Waals surface area contributed by atoms with Crippen LogP contribution < -0.4 is 5.32 Å². The maximum Gasteiger partial charge on any atom is 0.118 e. The molecule has 3 heteroatoms. The number of furan rings is 1. The Balaban J connectivity index is 2.50. The third kappa shape index (κ3) is 8.27. The summed E-state index contributed by atoms with van der Waals surface area (Å²) in [5.74, 6) is 3.65. The standard InChI is InChI=1S/C18H34N2O/c1-6-19-13-17-7-8-18(21-17)14-20(11-9-15(2)3)12-10-16(4)5/h7-8,15-16,19H,6,9-14H2,1-5H3. The van der Waals surface area contributed by atoms with Gasteiger partial charge in [-0.25, -0.2) is 0 Å². The van der Waals surface area contributed by atoms with E-state index in [1.807, 2.05) is 0 Å². The van der Waals surface area contributed by atoms with Gasteiger partial charge < -0.3 is 9.73 Å². The Hall–Kier alpha value is -0.800. The first-order chi connectivity index (χ1) is 10.0. The number of rotatable bonds is 11. The van der Waals surface area contributed by atoms with Gasteiger partial charge in [0, 0.05) is 0 Å². The zero-order chi connectivity index (χ0) is 15.7. The van der Waals surface area contributed by atoms with Crippen molar-refractivity contribution in [1.82, 2.24) is 10.2 Å². The molecule has 3 nitrogen and oxygen atoms in total. The fraction of sp³-hybridized carbons (Fsp3) is 0.778. The smallest absolute Gasteiger partial charge is 0.118 e. The van der Waals surface area contributed by atoms with Crippen molar-refractivity contribution in [2.75, 3.05) is 19.6 Å². The van der Waals surface area contributed by atoms with Crippen molar-refractivity contribution in [3.8, 4) is 0 Å². The van der Waals surface area contributed by atoms with Gasteiger partial charge in [-0.15, -0.1) is 0 Å². The number of hydrogen-bond acceptors (Lipinski definition) is 3. The fourth-order valence-corrected chi connectivity index (χ4v) is 2.22. The summed E-state index contributed by atoms with van der Waals surface area (Å²) >= 11 is 0. The Bertz CT molecular complexity index is 359. The molecule has 0 saturated carbocycles. The molecule has 0 amide bonds. The van der Waals surface area contributed by atoms with Crippen LogP contribution in [0.4, 0.5) is 0 Å². The maximum atomic E-state index is 5.93. The van der Waals surface area contributed by atoms with E-state index < -0.39 is 0 Å². The number of hydrogen-bond donors (Lipinski definition) is 1. The van der Waals surface area contributed by atoms with E-state index in [0.29, 0.717) is 0 Å². The second kappa shape index (κ2) is 10.0. The largest absolute Gasteiger partial charge is 0.463 e. The topological polar surface area (TPSA) is 28.4 Å². The van der Waals surface area contributed by atoms with E-state index in [2.05, 4.69) is 57.0 Å². The lowest BCUT2D eigenvalue weighted by Gasteiger charge is -2.23. The van der Waals surface area contributed by atoms with Gasteiger partial charge in [-0.05, 0) is 56.4 Å². The summed E-state index contributed by atoms with van der Waals surface area (Å²) in [5, 5.41) is 3.30. The first-order valence-electron chi connectivity index (χ1n) is 8.51. The van der Waals surface area contributed by atoms with Gasteiger partial charge in [0.2, 0.25) is 0 Å². The van der Waals surface area contributed by atoms with Gasteiger partial charge in [0.25, 0.3) is 0 Å². The molecule has 21 heavy (non-hydrogen) atoms. The van der Waals surface area contributed by atoms with Gasteiger partial charge in [-0.2, -0.15) is 0 Å². The first-order valence-corrected chi connectivity index (χ1v) is 8.51. The van der Waals surface area contributed by atoms with Crippen LogP contribution in [0.2, 0.25) is 0 Å². The van der Waals surface area contributed by atoms with Crippen LogP contribution >= 0.6 is 0 Å². The Kier molecular flexibility index (Phi) is 8.70. The van der Waals surface area contributed by atoms with Crippen molar-refractivity contribution in [2.45, 2.75) is 60.5 Å². The summed E-state index contributed by atoms with van der Waals surface area (Å²) in [4.78, 5) is 2.54. The van der Waals surface area contributed by atoms with Crippen molar-refractivity contribution in [3.63, 3.8) is 0 Å². The molecule has 0 aliphatic heterocycles. The molecular formula is C18H34N2O. The average Bonchev–Trinajstić information content (AvgIpc) is 2.86. The third-order valence-corrected chi connectivity index (χ3v) is 3.69. The highest BCUT2D eigenvalue weighted by Gasteiger charge is 2.11. The normalized spacial score (nSPS) is 12.0. The molecule has 0 fully saturated rings. The molecule has 0 aliphatic carbocycles. The summed E-state index contributed by atoms with van der Waals surface area (Å²) in [6.07, 6.45) is 2.51. The predicted molar refractivity (Wildman–Crippen MR) is 90.3 cm³/mol. The van der Waals surface area contributed by atoms with Gasteiger partial charge in [-0.3, -0.25) is 4.90 Å². The highest BCUT2D eigenvalue weighted by Crippen LogP contribution is 2.14. The third-order valence-electron chi connectivity index (χ3n) is 3.69. The molecule has 0 aliphatic rings.